The highest BCUT2D eigenvalue weighted by atomic mass is 32.2. The highest BCUT2D eigenvalue weighted by molar-refractivity contribution is 7.99. The first kappa shape index (κ1) is 11.3. The largest absolute Gasteiger partial charge is 0.279 e. The average molecular weight is 224 g/mol. The summed E-state index contributed by atoms with van der Waals surface area (Å²) in [5.74, 6) is 0.891. The van der Waals surface area contributed by atoms with Crippen LogP contribution in [0.15, 0.2) is 0 Å². The summed E-state index contributed by atoms with van der Waals surface area (Å²) in [7, 11) is -1.74. The van der Waals surface area contributed by atoms with Crippen LogP contribution in [0.4, 0.5) is 0 Å². The van der Waals surface area contributed by atoms with Crippen molar-refractivity contribution < 1.29 is 8.42 Å². The minimum atomic E-state index is -3.20. The molecule has 0 radical (unpaired) electrons. The molecule has 1 rings (SSSR count). The molecule has 6 heteroatoms. The fraction of sp³-hybridized carbons (Fsp3) is 1.00. The van der Waals surface area contributed by atoms with Crippen LogP contribution in [0.3, 0.4) is 0 Å². The third-order valence-corrected chi connectivity index (χ3v) is 4.91. The second kappa shape index (κ2) is 4.63. The predicted octanol–water partition coefficient (Wildman–Crippen LogP) is 0.278. The molecule has 0 aromatic carbocycles. The van der Waals surface area contributed by atoms with Gasteiger partial charge in [0.25, 0.3) is 10.2 Å². The van der Waals surface area contributed by atoms with Crippen molar-refractivity contribution in [1.29, 1.82) is 0 Å². The minimum Gasteiger partial charge on any atom is -0.205 e. The van der Waals surface area contributed by atoms with Crippen LogP contribution in [0.1, 0.15) is 13.3 Å². The van der Waals surface area contributed by atoms with Crippen LogP contribution in [-0.4, -0.2) is 43.9 Å². The van der Waals surface area contributed by atoms with E-state index in [-0.39, 0.29) is 0 Å². The molecule has 0 aromatic heterocycles. The number of nitrogens with one attached hydrogen (secondary N) is 1. The third-order valence-electron chi connectivity index (χ3n) is 2.13. The second-order valence-corrected chi connectivity index (χ2v) is 6.50. The summed E-state index contributed by atoms with van der Waals surface area (Å²) in [5, 5.41) is 0.567. The maximum atomic E-state index is 11.4. The fourth-order valence-electron chi connectivity index (χ4n) is 1.25. The number of nitrogens with zero attached hydrogens (tertiary/aromatic N) is 1. The van der Waals surface area contributed by atoms with Crippen LogP contribution in [0, 0.1) is 0 Å². The molecule has 4 nitrogen and oxygen atoms in total. The van der Waals surface area contributed by atoms with Gasteiger partial charge >= 0.3 is 0 Å². The Hall–Kier alpha value is 0.220. The van der Waals surface area contributed by atoms with E-state index in [1.807, 2.05) is 11.8 Å². The SMILES string of the molecule is CNS(=O)(=O)N1CCSC(C)CC1. The molecular formula is C7H16N2O2S2. The second-order valence-electron chi connectivity index (χ2n) is 3.08. The Kier molecular flexibility index (Phi) is 4.03. The summed E-state index contributed by atoms with van der Waals surface area (Å²) in [6.45, 7) is 3.40. The van der Waals surface area contributed by atoms with Crippen molar-refractivity contribution in [2.24, 2.45) is 0 Å². The van der Waals surface area contributed by atoms with Gasteiger partial charge in [0.2, 0.25) is 0 Å². The van der Waals surface area contributed by atoms with Crippen molar-refractivity contribution in [2.75, 3.05) is 25.9 Å². The van der Waals surface area contributed by atoms with Crippen molar-refractivity contribution in [2.45, 2.75) is 18.6 Å². The first-order chi connectivity index (χ1) is 6.06. The molecule has 0 amide bonds. The number of rotatable bonds is 2. The predicted molar refractivity (Wildman–Crippen MR) is 56.1 cm³/mol. The van der Waals surface area contributed by atoms with Crippen LogP contribution in [0.2, 0.25) is 0 Å². The zero-order chi connectivity index (χ0) is 9.90. The summed E-state index contributed by atoms with van der Waals surface area (Å²) >= 11 is 1.84. The van der Waals surface area contributed by atoms with Gasteiger partial charge in [-0.05, 0) is 6.42 Å². The van der Waals surface area contributed by atoms with Crippen molar-refractivity contribution in [3.8, 4) is 0 Å². The van der Waals surface area contributed by atoms with Gasteiger partial charge in [0.05, 0.1) is 0 Å². The number of hydrogen-bond donors (Lipinski definition) is 1. The highest BCUT2D eigenvalue weighted by Crippen LogP contribution is 2.19. The van der Waals surface area contributed by atoms with Crippen molar-refractivity contribution in [3.05, 3.63) is 0 Å². The van der Waals surface area contributed by atoms with Crippen molar-refractivity contribution in [1.82, 2.24) is 9.03 Å². The number of thioether (sulfide) groups is 1. The number of hydrogen-bond acceptors (Lipinski definition) is 3. The van der Waals surface area contributed by atoms with Crippen LogP contribution in [0.5, 0.6) is 0 Å². The molecule has 0 aliphatic carbocycles. The molecule has 1 atom stereocenters. The monoisotopic (exact) mass is 224 g/mol. The molecule has 13 heavy (non-hydrogen) atoms. The first-order valence-corrected chi connectivity index (χ1v) is 6.85. The van der Waals surface area contributed by atoms with Gasteiger partial charge in [-0.25, -0.2) is 4.72 Å². The third kappa shape index (κ3) is 3.12. The average Bonchev–Trinajstić information content (AvgIpc) is 2.30. The molecule has 1 saturated heterocycles. The van der Waals surface area contributed by atoms with E-state index in [9.17, 15) is 8.42 Å². The molecule has 1 fully saturated rings. The van der Waals surface area contributed by atoms with E-state index in [0.717, 1.165) is 12.2 Å². The van der Waals surface area contributed by atoms with Crippen LogP contribution in [0.25, 0.3) is 0 Å². The summed E-state index contributed by atoms with van der Waals surface area (Å²) in [5.41, 5.74) is 0. The zero-order valence-corrected chi connectivity index (χ0v) is 9.62. The van der Waals surface area contributed by atoms with Gasteiger partial charge in [-0.15, -0.1) is 0 Å². The molecule has 0 aromatic rings. The lowest BCUT2D eigenvalue weighted by Gasteiger charge is -2.18. The molecule has 78 valence electrons. The highest BCUT2D eigenvalue weighted by Gasteiger charge is 2.22. The molecule has 1 unspecified atom stereocenters. The molecule has 1 aliphatic heterocycles. The van der Waals surface area contributed by atoms with Crippen LogP contribution >= 0.6 is 11.8 Å². The van der Waals surface area contributed by atoms with E-state index in [1.54, 1.807) is 0 Å². The summed E-state index contributed by atoms with van der Waals surface area (Å²) < 4.78 is 26.7. The van der Waals surface area contributed by atoms with E-state index in [0.29, 0.717) is 18.3 Å². The summed E-state index contributed by atoms with van der Waals surface area (Å²) in [6, 6.07) is 0. The van der Waals surface area contributed by atoms with Crippen LogP contribution in [-0.2, 0) is 10.2 Å². The molecule has 1 aliphatic rings. The Morgan fingerprint density at radius 1 is 1.46 bits per heavy atom. The molecule has 0 bridgehead atoms. The molecule has 0 saturated carbocycles. The van der Waals surface area contributed by atoms with Gasteiger partial charge in [0.15, 0.2) is 0 Å². The normalized spacial score (nSPS) is 27.1. The minimum absolute atomic E-state index is 0.567. The van der Waals surface area contributed by atoms with Gasteiger partial charge in [0, 0.05) is 31.1 Å². The van der Waals surface area contributed by atoms with Crippen molar-refractivity contribution >= 4 is 22.0 Å². The van der Waals surface area contributed by atoms with E-state index in [2.05, 4.69) is 11.6 Å². The van der Waals surface area contributed by atoms with Gasteiger partial charge in [0.1, 0.15) is 0 Å². The van der Waals surface area contributed by atoms with Gasteiger partial charge in [-0.1, -0.05) is 6.92 Å². The quantitative estimate of drug-likeness (QED) is 0.733. The smallest absolute Gasteiger partial charge is 0.205 e. The standard InChI is InChI=1S/C7H16N2O2S2/c1-7-3-4-9(5-6-12-7)13(10,11)8-2/h7-8H,3-6H2,1-2H3. The van der Waals surface area contributed by atoms with Gasteiger partial charge < -0.3 is 0 Å². The summed E-state index contributed by atoms with van der Waals surface area (Å²) in [4.78, 5) is 0. The lowest BCUT2D eigenvalue weighted by atomic mass is 10.3. The Balaban J connectivity index is 2.61. The molecule has 0 spiro atoms. The lowest BCUT2D eigenvalue weighted by molar-refractivity contribution is 0.423. The van der Waals surface area contributed by atoms with Crippen molar-refractivity contribution in [3.63, 3.8) is 0 Å². The van der Waals surface area contributed by atoms with Gasteiger partial charge in [-0.2, -0.15) is 24.5 Å². The van der Waals surface area contributed by atoms with Gasteiger partial charge in [-0.3, -0.25) is 0 Å². The fourth-order valence-corrected chi connectivity index (χ4v) is 3.30. The lowest BCUT2D eigenvalue weighted by Crippen LogP contribution is -2.40. The van der Waals surface area contributed by atoms with E-state index in [1.165, 1.54) is 11.4 Å². The van der Waals surface area contributed by atoms with E-state index >= 15 is 0 Å². The van der Waals surface area contributed by atoms with Crippen LogP contribution < -0.4 is 4.72 Å². The molecular weight excluding hydrogens is 208 g/mol. The first-order valence-electron chi connectivity index (χ1n) is 4.36. The van der Waals surface area contributed by atoms with E-state index in [4.69, 9.17) is 0 Å². The topological polar surface area (TPSA) is 49.4 Å². The molecule has 1 N–H and O–H groups in total. The zero-order valence-electron chi connectivity index (χ0n) is 7.99. The maximum Gasteiger partial charge on any atom is 0.279 e. The summed E-state index contributed by atoms with van der Waals surface area (Å²) in [6.07, 6.45) is 0.936. The Bertz CT molecular complexity index is 253. The molecule has 1 heterocycles. The maximum absolute atomic E-state index is 11.4. The van der Waals surface area contributed by atoms with E-state index < -0.39 is 10.2 Å². The Labute approximate surface area is 84.3 Å². The Morgan fingerprint density at radius 3 is 2.77 bits per heavy atom. The Morgan fingerprint density at radius 2 is 2.15 bits per heavy atom.